The van der Waals surface area contributed by atoms with Gasteiger partial charge in [0.15, 0.2) is 0 Å². The SMILES string of the molecule is CC(C)(C)C[C@@H]1N[C@@H](C(=O)NC23CC(C(=O)N4CCC5(CC4)C[C@@H]5C#Cc4cccc5c4CN([C@H]4CCC(=O)NC4=O)C5=O)(C2)C3)[C@H](c2cccc(Cl)c2F)[C@]12CNc1cc(C(F)(F)F)ncc12. The van der Waals surface area contributed by atoms with E-state index in [1.807, 2.05) is 31.7 Å². The number of halogens is 5. The predicted molar refractivity (Wildman–Crippen MR) is 241 cm³/mol. The summed E-state index contributed by atoms with van der Waals surface area (Å²) in [6.45, 7) is 7.74. The van der Waals surface area contributed by atoms with Crippen LogP contribution in [-0.4, -0.2) is 87.6 Å². The standard InChI is InChI=1S/C51H52ClF4N7O5/c1-46(2,3)20-37-50(26-58-34-18-36(51(54,55)56)57-21-32(34)50)39(30-8-5-9-33(52)40(30)53)41(59-37)43(66)61-49-23-48(24-49,25-49)45(68)62-16-14-47(15-17-62)19-28(47)11-10-27-6-4-7-29-31(27)22-63(44(29)67)35-12-13-38(64)60-42(35)65/h4-9,18,21,28,35,37,39,41,58-59H,12-17,19-20,22-26H2,1-3H3,(H,61,66)(H,60,64,65)/t28-,35-,37-,39-,41+,48?,49?,50-/m0/s1. The molecule has 5 aliphatic heterocycles. The smallest absolute Gasteiger partial charge is 0.384 e. The number of amides is 5. The normalized spacial score (nSPS) is 31.8. The van der Waals surface area contributed by atoms with E-state index >= 15 is 4.39 Å². The number of imide groups is 1. The Morgan fingerprint density at radius 1 is 1.03 bits per heavy atom. The summed E-state index contributed by atoms with van der Waals surface area (Å²) in [5.41, 5.74) is -0.599. The fourth-order valence-corrected chi connectivity index (χ4v) is 13.5. The summed E-state index contributed by atoms with van der Waals surface area (Å²) in [4.78, 5) is 73.9. The molecule has 12 nitrogen and oxygen atoms in total. The van der Waals surface area contributed by atoms with Gasteiger partial charge < -0.3 is 25.8 Å². The van der Waals surface area contributed by atoms with Crippen molar-refractivity contribution in [2.24, 2.45) is 22.2 Å². The first-order valence-electron chi connectivity index (χ1n) is 23.6. The van der Waals surface area contributed by atoms with Crippen molar-refractivity contribution in [3.8, 4) is 11.8 Å². The number of aromatic nitrogens is 1. The summed E-state index contributed by atoms with van der Waals surface area (Å²) in [6, 6.07) is 8.91. The number of pyridine rings is 1. The fraction of sp³-hybridized carbons (Fsp3) is 0.529. The van der Waals surface area contributed by atoms with E-state index in [0.717, 1.165) is 36.5 Å². The minimum absolute atomic E-state index is 0.0203. The first-order valence-corrected chi connectivity index (χ1v) is 23.9. The van der Waals surface area contributed by atoms with Gasteiger partial charge in [0, 0.05) is 90.0 Å². The Balaban J connectivity index is 0.754. The molecule has 6 atom stereocenters. The second kappa shape index (κ2) is 15.2. The lowest BCUT2D eigenvalue weighted by molar-refractivity contribution is -0.195. The molecule has 17 heteroatoms. The van der Waals surface area contributed by atoms with Crippen LogP contribution in [0.25, 0.3) is 0 Å². The van der Waals surface area contributed by atoms with E-state index in [4.69, 9.17) is 11.6 Å². The van der Waals surface area contributed by atoms with Crippen molar-refractivity contribution in [1.29, 1.82) is 0 Å². The van der Waals surface area contributed by atoms with Crippen molar-refractivity contribution < 1.29 is 41.5 Å². The van der Waals surface area contributed by atoms with Crippen molar-refractivity contribution in [2.45, 2.75) is 126 Å². The third kappa shape index (κ3) is 7.03. The molecular formula is C51H52ClF4N7O5. The lowest BCUT2D eigenvalue weighted by Gasteiger charge is -2.70. The number of nitrogens with one attached hydrogen (secondary N) is 4. The number of likely N-dealkylation sites (tertiary alicyclic amines) is 1. The highest BCUT2D eigenvalue weighted by molar-refractivity contribution is 6.30. The summed E-state index contributed by atoms with van der Waals surface area (Å²) in [7, 11) is 0. The van der Waals surface area contributed by atoms with Crippen LogP contribution in [-0.2, 0) is 37.3 Å². The van der Waals surface area contributed by atoms with Crippen LogP contribution in [0.2, 0.25) is 5.02 Å². The van der Waals surface area contributed by atoms with Gasteiger partial charge in [-0.3, -0.25) is 34.3 Å². The van der Waals surface area contributed by atoms with Crippen molar-refractivity contribution >= 4 is 46.8 Å². The molecule has 1 aromatic heterocycles. The fourth-order valence-electron chi connectivity index (χ4n) is 13.3. The van der Waals surface area contributed by atoms with Gasteiger partial charge in [0.2, 0.25) is 23.6 Å². The molecule has 9 aliphatic rings. The van der Waals surface area contributed by atoms with E-state index in [-0.39, 0.29) is 82.6 Å². The zero-order valence-electron chi connectivity index (χ0n) is 38.0. The largest absolute Gasteiger partial charge is 0.433 e. The molecule has 2 spiro atoms. The monoisotopic (exact) mass is 953 g/mol. The number of fused-ring (bicyclic) bond motifs is 3. The number of piperidine rings is 2. The molecule has 7 fully saturated rings. The van der Waals surface area contributed by atoms with Crippen LogP contribution in [0.1, 0.15) is 123 Å². The van der Waals surface area contributed by atoms with Gasteiger partial charge in [0.1, 0.15) is 17.6 Å². The van der Waals surface area contributed by atoms with Crippen molar-refractivity contribution in [1.82, 2.24) is 30.7 Å². The minimum atomic E-state index is -4.68. The molecule has 4 aliphatic carbocycles. The highest BCUT2D eigenvalue weighted by Gasteiger charge is 2.74. The second-order valence-electron chi connectivity index (χ2n) is 22.1. The van der Waals surface area contributed by atoms with Gasteiger partial charge in [0.25, 0.3) is 5.91 Å². The topological polar surface area (TPSA) is 153 Å². The van der Waals surface area contributed by atoms with Crippen molar-refractivity contribution in [3.05, 3.63) is 93.0 Å². The van der Waals surface area contributed by atoms with E-state index < -0.39 is 64.0 Å². The van der Waals surface area contributed by atoms with Crippen LogP contribution in [0.3, 0.4) is 0 Å². The molecule has 5 amide bonds. The molecule has 12 rings (SSSR count). The Kier molecular flexibility index (Phi) is 10.1. The van der Waals surface area contributed by atoms with Gasteiger partial charge in [0.05, 0.1) is 16.5 Å². The van der Waals surface area contributed by atoms with E-state index in [2.05, 4.69) is 38.1 Å². The highest BCUT2D eigenvalue weighted by atomic mass is 35.5. The number of carbonyl (C=O) groups excluding carboxylic acids is 5. The lowest BCUT2D eigenvalue weighted by Crippen LogP contribution is -2.79. The third-order valence-corrected chi connectivity index (χ3v) is 16.9. The number of carbonyl (C=O) groups is 5. The number of alkyl halides is 3. The van der Waals surface area contributed by atoms with E-state index in [0.29, 0.717) is 49.9 Å². The molecule has 3 aromatic rings. The van der Waals surface area contributed by atoms with E-state index in [9.17, 15) is 37.1 Å². The van der Waals surface area contributed by atoms with E-state index in [1.54, 1.807) is 24.3 Å². The Hall–Kier alpha value is -5.53. The zero-order valence-corrected chi connectivity index (χ0v) is 38.7. The van der Waals surface area contributed by atoms with Gasteiger partial charge in [-0.15, -0.1) is 0 Å². The van der Waals surface area contributed by atoms with Crippen molar-refractivity contribution in [2.75, 3.05) is 25.0 Å². The first kappa shape index (κ1) is 44.9. The number of hydrogen-bond acceptors (Lipinski definition) is 8. The Bertz CT molecular complexity index is 2770. The first-order chi connectivity index (χ1) is 32.1. The number of anilines is 1. The predicted octanol–water partition coefficient (Wildman–Crippen LogP) is 6.60. The maximum Gasteiger partial charge on any atom is 0.433 e. The maximum atomic E-state index is 16.3. The van der Waals surface area contributed by atoms with Crippen LogP contribution < -0.4 is 21.3 Å². The van der Waals surface area contributed by atoms with E-state index in [1.165, 1.54) is 17.2 Å². The van der Waals surface area contributed by atoms with Crippen molar-refractivity contribution in [3.63, 3.8) is 0 Å². The minimum Gasteiger partial charge on any atom is -0.384 e. The molecule has 4 saturated carbocycles. The van der Waals surface area contributed by atoms with Gasteiger partial charge >= 0.3 is 6.18 Å². The number of rotatable bonds is 6. The summed E-state index contributed by atoms with van der Waals surface area (Å²) >= 11 is 6.38. The lowest BCUT2D eigenvalue weighted by atomic mass is 9.38. The Labute approximate surface area is 396 Å². The maximum absolute atomic E-state index is 16.3. The van der Waals surface area contributed by atoms with Crippen LogP contribution in [0.4, 0.5) is 23.2 Å². The molecule has 356 valence electrons. The third-order valence-electron chi connectivity index (χ3n) is 16.6. The summed E-state index contributed by atoms with van der Waals surface area (Å²) < 4.78 is 57.9. The average Bonchev–Trinajstić information content (AvgIpc) is 3.47. The summed E-state index contributed by atoms with van der Waals surface area (Å²) in [6.07, 6.45) is 1.55. The molecular weight excluding hydrogens is 902 g/mol. The number of nitrogens with zero attached hydrogens (tertiary/aromatic N) is 3. The summed E-state index contributed by atoms with van der Waals surface area (Å²) in [5, 5.41) is 12.2. The highest BCUT2D eigenvalue weighted by Crippen LogP contribution is 2.69. The molecule has 0 unspecified atom stereocenters. The molecule has 0 radical (unpaired) electrons. The van der Waals surface area contributed by atoms with Crippen LogP contribution in [0, 0.1) is 39.8 Å². The van der Waals surface area contributed by atoms with Crippen LogP contribution >= 0.6 is 11.6 Å². The molecule has 4 N–H and O–H groups in total. The van der Waals surface area contributed by atoms with Gasteiger partial charge in [-0.25, -0.2) is 4.39 Å². The number of benzene rings is 2. The summed E-state index contributed by atoms with van der Waals surface area (Å²) in [5.74, 6) is 4.11. The Morgan fingerprint density at radius 3 is 2.47 bits per heavy atom. The second-order valence-corrected chi connectivity index (χ2v) is 22.5. The van der Waals surface area contributed by atoms with Gasteiger partial charge in [-0.2, -0.15) is 13.2 Å². The molecule has 2 bridgehead atoms. The quantitative estimate of drug-likeness (QED) is 0.123. The van der Waals surface area contributed by atoms with Gasteiger partial charge in [-0.05, 0) is 97.6 Å². The molecule has 2 aromatic carbocycles. The Morgan fingerprint density at radius 2 is 1.76 bits per heavy atom. The zero-order chi connectivity index (χ0) is 47.9. The molecule has 6 heterocycles. The molecule has 3 saturated heterocycles. The molecule has 68 heavy (non-hydrogen) atoms. The number of hydrogen-bond donors (Lipinski definition) is 4. The van der Waals surface area contributed by atoms with Crippen LogP contribution in [0.5, 0.6) is 0 Å². The van der Waals surface area contributed by atoms with Gasteiger partial charge in [-0.1, -0.05) is 62.4 Å². The van der Waals surface area contributed by atoms with Crippen LogP contribution in [0.15, 0.2) is 48.7 Å². The average molecular weight is 954 g/mol.